The van der Waals surface area contributed by atoms with Gasteiger partial charge in [-0.05, 0) is 19.1 Å². The standard InChI is InChI=1S/C17H22BrNO2Si/c1-11-9-12(22(3,4)5)10-17(21-11)15-13(18)7-6-8-14(15)19(2)16(17)20/h6-9,11H,10H2,1-5H3/t11-,17-/m1/s1. The van der Waals surface area contributed by atoms with Crippen molar-refractivity contribution in [3.05, 3.63) is 39.5 Å². The number of hydrogen-bond acceptors (Lipinski definition) is 2. The number of halogens is 1. The number of anilines is 1. The summed E-state index contributed by atoms with van der Waals surface area (Å²) in [5.41, 5.74) is 1.06. The van der Waals surface area contributed by atoms with Crippen molar-refractivity contribution in [3.63, 3.8) is 0 Å². The van der Waals surface area contributed by atoms with Crippen LogP contribution in [0.15, 0.2) is 33.9 Å². The Hall–Kier alpha value is -0.913. The molecular weight excluding hydrogens is 358 g/mol. The van der Waals surface area contributed by atoms with Gasteiger partial charge < -0.3 is 9.64 Å². The van der Waals surface area contributed by atoms with E-state index < -0.39 is 13.7 Å². The predicted octanol–water partition coefficient (Wildman–Crippen LogP) is 4.23. The lowest BCUT2D eigenvalue weighted by Crippen LogP contribution is -2.47. The second kappa shape index (κ2) is 5.04. The fourth-order valence-electron chi connectivity index (χ4n) is 3.47. The predicted molar refractivity (Wildman–Crippen MR) is 95.8 cm³/mol. The van der Waals surface area contributed by atoms with Crippen LogP contribution >= 0.6 is 15.9 Å². The SMILES string of the molecule is C[C@@H]1C=C([Si](C)(C)C)C[C@]2(O1)C(=O)N(C)c1cccc(Br)c12. The minimum atomic E-state index is -1.49. The Labute approximate surface area is 141 Å². The van der Waals surface area contributed by atoms with Crippen molar-refractivity contribution < 1.29 is 9.53 Å². The molecule has 2 aliphatic rings. The maximum atomic E-state index is 13.1. The van der Waals surface area contributed by atoms with Crippen molar-refractivity contribution in [3.8, 4) is 0 Å². The second-order valence-corrected chi connectivity index (χ2v) is 13.3. The third-order valence-corrected chi connectivity index (χ3v) is 7.56. The summed E-state index contributed by atoms with van der Waals surface area (Å²) < 4.78 is 7.23. The van der Waals surface area contributed by atoms with E-state index in [0.29, 0.717) is 6.42 Å². The van der Waals surface area contributed by atoms with Crippen LogP contribution in [0.1, 0.15) is 18.9 Å². The molecule has 3 nitrogen and oxygen atoms in total. The molecule has 5 heteroatoms. The number of ether oxygens (including phenoxy) is 1. The summed E-state index contributed by atoms with van der Waals surface area (Å²) in [7, 11) is 0.349. The summed E-state index contributed by atoms with van der Waals surface area (Å²) in [6, 6.07) is 5.95. The second-order valence-electron chi connectivity index (χ2n) is 7.27. The first-order valence-corrected chi connectivity index (χ1v) is 11.9. The number of benzene rings is 1. The lowest BCUT2D eigenvalue weighted by Gasteiger charge is -2.39. The smallest absolute Gasteiger partial charge is 0.264 e. The highest BCUT2D eigenvalue weighted by atomic mass is 79.9. The highest BCUT2D eigenvalue weighted by Gasteiger charge is 2.55. The zero-order valence-electron chi connectivity index (χ0n) is 13.7. The largest absolute Gasteiger partial charge is 0.353 e. The molecule has 0 radical (unpaired) electrons. The molecule has 0 saturated heterocycles. The number of rotatable bonds is 1. The first-order valence-electron chi connectivity index (χ1n) is 7.63. The van der Waals surface area contributed by atoms with Gasteiger partial charge in [-0.25, -0.2) is 0 Å². The van der Waals surface area contributed by atoms with Crippen LogP contribution in [0.5, 0.6) is 0 Å². The van der Waals surface area contributed by atoms with Crippen LogP contribution in [-0.2, 0) is 15.1 Å². The van der Waals surface area contributed by atoms with Crippen LogP contribution in [0.3, 0.4) is 0 Å². The van der Waals surface area contributed by atoms with E-state index in [-0.39, 0.29) is 12.0 Å². The molecule has 1 amide bonds. The van der Waals surface area contributed by atoms with Gasteiger partial charge in [0.05, 0.1) is 19.9 Å². The molecule has 2 atom stereocenters. The summed E-state index contributed by atoms with van der Waals surface area (Å²) in [6.07, 6.45) is 2.84. The van der Waals surface area contributed by atoms with Crippen molar-refractivity contribution in [1.29, 1.82) is 0 Å². The van der Waals surface area contributed by atoms with Gasteiger partial charge in [-0.15, -0.1) is 0 Å². The number of carbonyl (C=O) groups excluding carboxylic acids is 1. The Morgan fingerprint density at radius 2 is 2.05 bits per heavy atom. The maximum Gasteiger partial charge on any atom is 0.264 e. The molecule has 0 aromatic heterocycles. The highest BCUT2D eigenvalue weighted by Crippen LogP contribution is 2.51. The van der Waals surface area contributed by atoms with E-state index in [1.165, 1.54) is 5.20 Å². The third kappa shape index (κ3) is 2.22. The van der Waals surface area contributed by atoms with E-state index in [2.05, 4.69) is 41.6 Å². The molecule has 1 spiro atoms. The molecule has 0 saturated carbocycles. The quantitative estimate of drug-likeness (QED) is 0.683. The molecule has 0 N–H and O–H groups in total. The molecule has 1 aromatic rings. The lowest BCUT2D eigenvalue weighted by molar-refractivity contribution is -0.149. The molecule has 1 aromatic carbocycles. The van der Waals surface area contributed by atoms with E-state index in [1.54, 1.807) is 4.90 Å². The number of carbonyl (C=O) groups is 1. The van der Waals surface area contributed by atoms with Crippen LogP contribution in [0.25, 0.3) is 0 Å². The van der Waals surface area contributed by atoms with Gasteiger partial charge in [0.2, 0.25) is 0 Å². The van der Waals surface area contributed by atoms with Crippen LogP contribution in [0.4, 0.5) is 5.69 Å². The van der Waals surface area contributed by atoms with Crippen molar-refractivity contribution in [1.82, 2.24) is 0 Å². The van der Waals surface area contributed by atoms with E-state index in [4.69, 9.17) is 4.74 Å². The summed E-state index contributed by atoms with van der Waals surface area (Å²) in [5.74, 6) is 0.0464. The molecule has 22 heavy (non-hydrogen) atoms. The van der Waals surface area contributed by atoms with Gasteiger partial charge in [0.25, 0.3) is 5.91 Å². The highest BCUT2D eigenvalue weighted by molar-refractivity contribution is 9.10. The van der Waals surface area contributed by atoms with Gasteiger partial charge in [-0.2, -0.15) is 0 Å². The Kier molecular flexibility index (Phi) is 3.66. The number of fused-ring (bicyclic) bond motifs is 2. The Bertz CT molecular complexity index is 680. The minimum Gasteiger partial charge on any atom is -0.353 e. The lowest BCUT2D eigenvalue weighted by atomic mass is 9.89. The Morgan fingerprint density at radius 3 is 2.68 bits per heavy atom. The first-order chi connectivity index (χ1) is 10.2. The molecule has 118 valence electrons. The molecule has 0 unspecified atom stereocenters. The zero-order chi connectivity index (χ0) is 16.3. The fourth-order valence-corrected chi connectivity index (χ4v) is 5.66. The van der Waals surface area contributed by atoms with E-state index >= 15 is 0 Å². The van der Waals surface area contributed by atoms with Crippen LogP contribution in [0, 0.1) is 0 Å². The molecule has 0 bridgehead atoms. The molecule has 2 aliphatic heterocycles. The summed E-state index contributed by atoms with van der Waals surface area (Å²) in [6.45, 7) is 9.02. The number of hydrogen-bond donors (Lipinski definition) is 0. The van der Waals surface area contributed by atoms with Gasteiger partial charge in [-0.1, -0.05) is 52.9 Å². The molecular formula is C17H22BrNO2Si. The topological polar surface area (TPSA) is 29.5 Å². The molecule has 3 rings (SSSR count). The van der Waals surface area contributed by atoms with Crippen molar-refractivity contribution in [2.45, 2.75) is 44.7 Å². The van der Waals surface area contributed by atoms with Gasteiger partial charge in [0.1, 0.15) is 0 Å². The fraction of sp³-hybridized carbons (Fsp3) is 0.471. The van der Waals surface area contributed by atoms with Gasteiger partial charge in [0, 0.05) is 23.5 Å². The van der Waals surface area contributed by atoms with Crippen LogP contribution in [0.2, 0.25) is 19.6 Å². The first kappa shape index (κ1) is 16.0. The number of likely N-dealkylation sites (N-methyl/N-ethyl adjacent to an activating group) is 1. The molecule has 2 heterocycles. The summed E-state index contributed by atoms with van der Waals surface area (Å²) in [4.78, 5) is 14.8. The average molecular weight is 380 g/mol. The summed E-state index contributed by atoms with van der Waals surface area (Å²) >= 11 is 3.64. The summed E-state index contributed by atoms with van der Waals surface area (Å²) in [5, 5.41) is 1.41. The molecule has 0 aliphatic carbocycles. The average Bonchev–Trinajstić information content (AvgIpc) is 2.61. The Morgan fingerprint density at radius 1 is 1.36 bits per heavy atom. The van der Waals surface area contributed by atoms with Gasteiger partial charge in [0.15, 0.2) is 5.60 Å². The maximum absolute atomic E-state index is 13.1. The third-order valence-electron chi connectivity index (χ3n) is 4.63. The normalized spacial score (nSPS) is 28.1. The van der Waals surface area contributed by atoms with E-state index in [9.17, 15) is 4.79 Å². The zero-order valence-corrected chi connectivity index (χ0v) is 16.3. The van der Waals surface area contributed by atoms with Gasteiger partial charge >= 0.3 is 0 Å². The van der Waals surface area contributed by atoms with Crippen LogP contribution < -0.4 is 4.90 Å². The number of nitrogens with zero attached hydrogens (tertiary/aromatic N) is 1. The van der Waals surface area contributed by atoms with E-state index in [0.717, 1.165) is 15.7 Å². The Balaban J connectivity index is 2.20. The van der Waals surface area contributed by atoms with Crippen LogP contribution in [-0.4, -0.2) is 27.1 Å². The van der Waals surface area contributed by atoms with E-state index in [1.807, 2.05) is 32.2 Å². The monoisotopic (exact) mass is 379 g/mol. The van der Waals surface area contributed by atoms with Crippen molar-refractivity contribution in [2.75, 3.05) is 11.9 Å². The number of amides is 1. The van der Waals surface area contributed by atoms with Crippen molar-refractivity contribution >= 4 is 35.6 Å². The molecule has 0 fully saturated rings. The van der Waals surface area contributed by atoms with Gasteiger partial charge in [-0.3, -0.25) is 4.79 Å². The van der Waals surface area contributed by atoms with Crippen molar-refractivity contribution in [2.24, 2.45) is 0 Å². The minimum absolute atomic E-state index is 0.0464.